The van der Waals surface area contributed by atoms with Gasteiger partial charge in [-0.15, -0.1) is 10.2 Å². The number of fused-ring (bicyclic) bond motifs is 3. The first kappa shape index (κ1) is 14.8. The summed E-state index contributed by atoms with van der Waals surface area (Å²) < 4.78 is 17.9. The Kier molecular flexibility index (Phi) is 4.00. The van der Waals surface area contributed by atoms with Gasteiger partial charge in [-0.2, -0.15) is 0 Å². The van der Waals surface area contributed by atoms with E-state index >= 15 is 0 Å². The highest BCUT2D eigenvalue weighted by Gasteiger charge is 2.15. The predicted octanol–water partition coefficient (Wildman–Crippen LogP) is 2.27. The van der Waals surface area contributed by atoms with Gasteiger partial charge >= 0.3 is 0 Å². The molecule has 22 heavy (non-hydrogen) atoms. The third-order valence-electron chi connectivity index (χ3n) is 3.27. The standard InChI is InChI=1S/C14H15ClN4O3/c1-8-17-18-14-13(15)16-9-6-12(22-5-4-20-2)11(21-3)7-10(9)19(8)14/h6-7H,4-5H2,1-3H3. The largest absolute Gasteiger partial charge is 0.493 e. The van der Waals surface area contributed by atoms with E-state index in [1.165, 1.54) is 0 Å². The van der Waals surface area contributed by atoms with E-state index < -0.39 is 0 Å². The minimum Gasteiger partial charge on any atom is -0.493 e. The van der Waals surface area contributed by atoms with Gasteiger partial charge in [-0.1, -0.05) is 11.6 Å². The molecule has 0 aliphatic carbocycles. The molecule has 0 atom stereocenters. The maximum Gasteiger partial charge on any atom is 0.199 e. The van der Waals surface area contributed by atoms with E-state index in [1.807, 2.05) is 17.4 Å². The smallest absolute Gasteiger partial charge is 0.199 e. The Bertz CT molecular complexity index is 834. The highest BCUT2D eigenvalue weighted by Crippen LogP contribution is 2.33. The molecule has 0 amide bonds. The zero-order valence-electron chi connectivity index (χ0n) is 12.5. The number of hydrogen-bond acceptors (Lipinski definition) is 6. The van der Waals surface area contributed by atoms with Crippen LogP contribution in [0.5, 0.6) is 11.5 Å². The molecule has 1 aromatic carbocycles. The first-order valence-electron chi connectivity index (χ1n) is 6.66. The Morgan fingerprint density at radius 1 is 1.14 bits per heavy atom. The molecule has 0 bridgehead atoms. The van der Waals surface area contributed by atoms with Crippen molar-refractivity contribution in [2.45, 2.75) is 6.92 Å². The topological polar surface area (TPSA) is 70.8 Å². The van der Waals surface area contributed by atoms with E-state index in [4.69, 9.17) is 25.8 Å². The molecule has 116 valence electrons. The van der Waals surface area contributed by atoms with Crippen molar-refractivity contribution in [1.82, 2.24) is 19.6 Å². The van der Waals surface area contributed by atoms with Gasteiger partial charge in [0.1, 0.15) is 12.4 Å². The van der Waals surface area contributed by atoms with E-state index in [0.29, 0.717) is 41.0 Å². The molecule has 3 rings (SSSR count). The Balaban J connectivity index is 2.20. The van der Waals surface area contributed by atoms with Crippen molar-refractivity contribution in [1.29, 1.82) is 0 Å². The van der Waals surface area contributed by atoms with Crippen LogP contribution in [-0.4, -0.2) is 47.0 Å². The molecule has 0 radical (unpaired) electrons. The summed E-state index contributed by atoms with van der Waals surface area (Å²) in [5.41, 5.74) is 1.99. The third-order valence-corrected chi connectivity index (χ3v) is 3.53. The van der Waals surface area contributed by atoms with Gasteiger partial charge in [-0.3, -0.25) is 4.40 Å². The Labute approximate surface area is 131 Å². The van der Waals surface area contributed by atoms with Crippen LogP contribution in [0.25, 0.3) is 16.7 Å². The second kappa shape index (κ2) is 5.94. The Hall–Kier alpha value is -2.12. The van der Waals surface area contributed by atoms with Crippen molar-refractivity contribution in [3.05, 3.63) is 23.1 Å². The normalized spacial score (nSPS) is 11.3. The number of ether oxygens (including phenoxy) is 3. The van der Waals surface area contributed by atoms with Gasteiger partial charge in [0.05, 0.1) is 24.8 Å². The summed E-state index contributed by atoms with van der Waals surface area (Å²) in [6, 6.07) is 3.62. The number of aryl methyl sites for hydroxylation is 1. The van der Waals surface area contributed by atoms with Gasteiger partial charge in [-0.05, 0) is 6.92 Å². The molecule has 0 saturated carbocycles. The zero-order chi connectivity index (χ0) is 15.7. The molecule has 2 aromatic heterocycles. The van der Waals surface area contributed by atoms with Crippen molar-refractivity contribution in [3.63, 3.8) is 0 Å². The Morgan fingerprint density at radius 3 is 2.68 bits per heavy atom. The lowest BCUT2D eigenvalue weighted by molar-refractivity contribution is 0.144. The molecule has 0 aliphatic heterocycles. The van der Waals surface area contributed by atoms with Gasteiger partial charge in [0.15, 0.2) is 22.3 Å². The lowest BCUT2D eigenvalue weighted by atomic mass is 10.2. The number of benzene rings is 1. The van der Waals surface area contributed by atoms with E-state index in [0.717, 1.165) is 11.3 Å². The van der Waals surface area contributed by atoms with E-state index in [9.17, 15) is 0 Å². The molecule has 3 aromatic rings. The first-order chi connectivity index (χ1) is 10.7. The molecule has 0 saturated heterocycles. The lowest BCUT2D eigenvalue weighted by Crippen LogP contribution is -2.06. The van der Waals surface area contributed by atoms with Gasteiger partial charge in [-0.25, -0.2) is 4.98 Å². The predicted molar refractivity (Wildman–Crippen MR) is 82.0 cm³/mol. The summed E-state index contributed by atoms with van der Waals surface area (Å²) >= 11 is 6.18. The maximum atomic E-state index is 6.18. The van der Waals surface area contributed by atoms with Crippen LogP contribution in [0, 0.1) is 6.92 Å². The minimum absolute atomic E-state index is 0.293. The van der Waals surface area contributed by atoms with Crippen molar-refractivity contribution >= 4 is 28.3 Å². The summed E-state index contributed by atoms with van der Waals surface area (Å²) in [5, 5.41) is 8.37. The zero-order valence-corrected chi connectivity index (χ0v) is 13.2. The summed E-state index contributed by atoms with van der Waals surface area (Å²) in [6.07, 6.45) is 0. The number of methoxy groups -OCH3 is 2. The van der Waals surface area contributed by atoms with E-state index in [-0.39, 0.29) is 0 Å². The van der Waals surface area contributed by atoms with Gasteiger partial charge in [0.2, 0.25) is 0 Å². The second-order valence-corrected chi connectivity index (χ2v) is 5.00. The number of halogens is 1. The summed E-state index contributed by atoms with van der Waals surface area (Å²) in [6.45, 7) is 2.75. The SMILES string of the molecule is COCCOc1cc2nc(Cl)c3nnc(C)n3c2cc1OC. The maximum absolute atomic E-state index is 6.18. The van der Waals surface area contributed by atoms with Crippen LogP contribution >= 0.6 is 11.6 Å². The van der Waals surface area contributed by atoms with E-state index in [1.54, 1.807) is 20.3 Å². The van der Waals surface area contributed by atoms with Crippen LogP contribution in [0.15, 0.2) is 12.1 Å². The van der Waals surface area contributed by atoms with Crippen molar-refractivity contribution in [2.75, 3.05) is 27.4 Å². The number of rotatable bonds is 5. The second-order valence-electron chi connectivity index (χ2n) is 4.64. The molecule has 2 heterocycles. The van der Waals surface area contributed by atoms with Crippen molar-refractivity contribution < 1.29 is 14.2 Å². The summed E-state index contributed by atoms with van der Waals surface area (Å²) in [5.74, 6) is 1.90. The lowest BCUT2D eigenvalue weighted by Gasteiger charge is -2.12. The monoisotopic (exact) mass is 322 g/mol. The quantitative estimate of drug-likeness (QED) is 0.671. The fourth-order valence-electron chi connectivity index (χ4n) is 2.25. The third kappa shape index (κ3) is 2.42. The number of nitrogens with zero attached hydrogens (tertiary/aromatic N) is 4. The highest BCUT2D eigenvalue weighted by atomic mass is 35.5. The molecular weight excluding hydrogens is 308 g/mol. The highest BCUT2D eigenvalue weighted by molar-refractivity contribution is 6.32. The Morgan fingerprint density at radius 2 is 1.95 bits per heavy atom. The first-order valence-corrected chi connectivity index (χ1v) is 7.04. The van der Waals surface area contributed by atoms with E-state index in [2.05, 4.69) is 15.2 Å². The van der Waals surface area contributed by atoms with Crippen molar-refractivity contribution in [2.24, 2.45) is 0 Å². The molecular formula is C14H15ClN4O3. The molecule has 0 aliphatic rings. The van der Waals surface area contributed by atoms with Crippen LogP contribution < -0.4 is 9.47 Å². The molecule has 0 fully saturated rings. The van der Waals surface area contributed by atoms with Crippen LogP contribution in [0.1, 0.15) is 5.82 Å². The molecule has 7 nitrogen and oxygen atoms in total. The van der Waals surface area contributed by atoms with Gasteiger partial charge in [0.25, 0.3) is 0 Å². The van der Waals surface area contributed by atoms with Crippen molar-refractivity contribution in [3.8, 4) is 11.5 Å². The average molecular weight is 323 g/mol. The fraction of sp³-hybridized carbons (Fsp3) is 0.357. The van der Waals surface area contributed by atoms with Crippen LogP contribution in [0.3, 0.4) is 0 Å². The van der Waals surface area contributed by atoms with Crippen LogP contribution in [0.4, 0.5) is 0 Å². The van der Waals surface area contributed by atoms with Gasteiger partial charge < -0.3 is 14.2 Å². The molecule has 0 unspecified atom stereocenters. The summed E-state index contributed by atoms with van der Waals surface area (Å²) in [4.78, 5) is 4.36. The number of hydrogen-bond donors (Lipinski definition) is 0. The van der Waals surface area contributed by atoms with Crippen LogP contribution in [-0.2, 0) is 4.74 Å². The number of aromatic nitrogens is 4. The van der Waals surface area contributed by atoms with Crippen LogP contribution in [0.2, 0.25) is 5.15 Å². The van der Waals surface area contributed by atoms with Gasteiger partial charge in [0, 0.05) is 19.2 Å². The summed E-state index contributed by atoms with van der Waals surface area (Å²) in [7, 11) is 3.21. The molecule has 8 heteroatoms. The molecule has 0 spiro atoms. The minimum atomic E-state index is 0.293. The fourth-order valence-corrected chi connectivity index (χ4v) is 2.47. The average Bonchev–Trinajstić information content (AvgIpc) is 2.90. The molecule has 0 N–H and O–H groups in total.